The van der Waals surface area contributed by atoms with Crippen molar-refractivity contribution >= 4 is 35.2 Å². The lowest BCUT2D eigenvalue weighted by molar-refractivity contribution is -0.139. The standard InChI is InChI=1S/C31H45N3O5S/c1-3-39-23-15-13-22(14-16-23)32-27(36)24-25-29(38)34(19-9-4-5-10-20-35)26(31(25)18-17-30(24,2)40-31)28(37)33-21-11-7-6-8-12-21/h13-16,21,24-26,35H,3-12,17-20H2,1-2H3,(H,32,36)(H,33,37)/t24-,25-,26?,30+,31?/m0/s1. The lowest BCUT2D eigenvalue weighted by atomic mass is 9.66. The number of ether oxygens (including phenoxy) is 1. The first-order chi connectivity index (χ1) is 19.3. The van der Waals surface area contributed by atoms with E-state index in [1.807, 2.05) is 36.1 Å². The molecule has 3 saturated heterocycles. The molecular formula is C31H45N3O5S. The van der Waals surface area contributed by atoms with E-state index in [0.717, 1.165) is 70.0 Å². The number of fused-ring (bicyclic) bond motifs is 1. The number of amides is 3. The second-order valence-electron chi connectivity index (χ2n) is 12.2. The van der Waals surface area contributed by atoms with Gasteiger partial charge in [0.1, 0.15) is 11.8 Å². The molecule has 3 amide bonds. The van der Waals surface area contributed by atoms with E-state index >= 15 is 0 Å². The molecule has 4 aliphatic rings. The summed E-state index contributed by atoms with van der Waals surface area (Å²) in [6.45, 7) is 5.29. The lowest BCUT2D eigenvalue weighted by Gasteiger charge is -2.36. The van der Waals surface area contributed by atoms with Crippen LogP contribution in [0.15, 0.2) is 24.3 Å². The SMILES string of the molecule is CCOc1ccc(NC(=O)[C@@H]2[C@H]3C(=O)N(CCCCCCO)C(C(=O)NC4CCCCC4)C34CC[C@@]2(C)S4)cc1. The summed E-state index contributed by atoms with van der Waals surface area (Å²) >= 11 is 1.72. The average molecular weight is 572 g/mol. The number of likely N-dealkylation sites (tertiary alicyclic amines) is 1. The molecule has 1 saturated carbocycles. The number of benzene rings is 1. The Kier molecular flexibility index (Phi) is 9.00. The van der Waals surface area contributed by atoms with E-state index in [-0.39, 0.29) is 30.4 Å². The molecule has 4 fully saturated rings. The fourth-order valence-corrected chi connectivity index (χ4v) is 10.0. The van der Waals surface area contributed by atoms with Crippen LogP contribution in [0.4, 0.5) is 5.69 Å². The molecule has 0 aromatic heterocycles. The zero-order chi connectivity index (χ0) is 28.3. The first-order valence-corrected chi connectivity index (χ1v) is 16.1. The Balaban J connectivity index is 1.39. The monoisotopic (exact) mass is 571 g/mol. The second kappa shape index (κ2) is 12.3. The minimum atomic E-state index is -0.587. The van der Waals surface area contributed by atoms with Crippen molar-refractivity contribution in [2.45, 2.75) is 106 Å². The van der Waals surface area contributed by atoms with Crippen LogP contribution in [0.1, 0.15) is 84.5 Å². The summed E-state index contributed by atoms with van der Waals surface area (Å²) in [5.41, 5.74) is 0.677. The highest BCUT2D eigenvalue weighted by atomic mass is 32.2. The summed E-state index contributed by atoms with van der Waals surface area (Å²) in [6, 6.07) is 6.94. The van der Waals surface area contributed by atoms with Crippen molar-refractivity contribution in [1.82, 2.24) is 10.2 Å². The molecule has 3 aliphatic heterocycles. The number of aliphatic hydroxyl groups excluding tert-OH is 1. The van der Waals surface area contributed by atoms with Gasteiger partial charge in [-0.3, -0.25) is 14.4 Å². The van der Waals surface area contributed by atoms with Crippen LogP contribution in [-0.4, -0.2) is 69.1 Å². The summed E-state index contributed by atoms with van der Waals surface area (Å²) in [5, 5.41) is 15.6. The largest absolute Gasteiger partial charge is 0.494 e. The van der Waals surface area contributed by atoms with Gasteiger partial charge in [0.25, 0.3) is 0 Å². The summed E-state index contributed by atoms with van der Waals surface area (Å²) < 4.78 is 4.55. The second-order valence-corrected chi connectivity index (χ2v) is 14.1. The molecular weight excluding hydrogens is 526 g/mol. The highest BCUT2D eigenvalue weighted by Gasteiger charge is 2.77. The summed E-state index contributed by atoms with van der Waals surface area (Å²) in [7, 11) is 0. The molecule has 8 nitrogen and oxygen atoms in total. The summed E-state index contributed by atoms with van der Waals surface area (Å²) in [5.74, 6) is -0.506. The predicted octanol–water partition coefficient (Wildman–Crippen LogP) is 4.51. The Morgan fingerprint density at radius 1 is 1.05 bits per heavy atom. The van der Waals surface area contributed by atoms with E-state index in [0.29, 0.717) is 18.8 Å². The van der Waals surface area contributed by atoms with E-state index in [1.54, 1.807) is 11.8 Å². The number of carbonyl (C=O) groups excluding carboxylic acids is 3. The zero-order valence-corrected chi connectivity index (χ0v) is 24.8. The first-order valence-electron chi connectivity index (χ1n) is 15.3. The van der Waals surface area contributed by atoms with E-state index in [4.69, 9.17) is 9.84 Å². The highest BCUT2D eigenvalue weighted by Crippen LogP contribution is 2.71. The number of rotatable bonds is 12. The molecule has 0 radical (unpaired) electrons. The zero-order valence-electron chi connectivity index (χ0n) is 24.0. The fourth-order valence-electron chi connectivity index (χ4n) is 7.66. The fraction of sp³-hybridized carbons (Fsp3) is 0.710. The quantitative estimate of drug-likeness (QED) is 0.319. The predicted molar refractivity (Wildman–Crippen MR) is 157 cm³/mol. The molecule has 1 spiro atoms. The maximum Gasteiger partial charge on any atom is 0.244 e. The van der Waals surface area contributed by atoms with Crippen molar-refractivity contribution in [3.63, 3.8) is 0 Å². The van der Waals surface area contributed by atoms with Crippen LogP contribution in [0.3, 0.4) is 0 Å². The Hall–Kier alpha value is -2.26. The number of hydrogen-bond acceptors (Lipinski definition) is 6. The molecule has 3 N–H and O–H groups in total. The average Bonchev–Trinajstić information content (AvgIpc) is 3.51. The molecule has 2 unspecified atom stereocenters. The maximum atomic E-state index is 14.2. The van der Waals surface area contributed by atoms with Crippen LogP contribution in [-0.2, 0) is 14.4 Å². The molecule has 5 atom stereocenters. The molecule has 3 heterocycles. The molecule has 220 valence electrons. The Morgan fingerprint density at radius 3 is 2.48 bits per heavy atom. The van der Waals surface area contributed by atoms with Crippen LogP contribution in [0.2, 0.25) is 0 Å². The number of nitrogens with zero attached hydrogens (tertiary/aromatic N) is 1. The van der Waals surface area contributed by atoms with Crippen molar-refractivity contribution in [2.24, 2.45) is 11.8 Å². The third kappa shape index (κ3) is 5.48. The normalized spacial score (nSPS) is 31.3. The van der Waals surface area contributed by atoms with Gasteiger partial charge in [0.15, 0.2) is 0 Å². The van der Waals surface area contributed by atoms with Crippen LogP contribution < -0.4 is 15.4 Å². The number of hydrogen-bond donors (Lipinski definition) is 3. The van der Waals surface area contributed by atoms with Gasteiger partial charge in [-0.1, -0.05) is 32.1 Å². The van der Waals surface area contributed by atoms with Gasteiger partial charge in [-0.15, -0.1) is 11.8 Å². The van der Waals surface area contributed by atoms with Gasteiger partial charge in [0.05, 0.1) is 23.2 Å². The highest BCUT2D eigenvalue weighted by molar-refractivity contribution is 8.02. The van der Waals surface area contributed by atoms with Gasteiger partial charge >= 0.3 is 0 Å². The van der Waals surface area contributed by atoms with Crippen LogP contribution in [0.25, 0.3) is 0 Å². The van der Waals surface area contributed by atoms with Crippen molar-refractivity contribution in [2.75, 3.05) is 25.1 Å². The van der Waals surface area contributed by atoms with Gasteiger partial charge < -0.3 is 25.4 Å². The van der Waals surface area contributed by atoms with E-state index in [9.17, 15) is 14.4 Å². The molecule has 5 rings (SSSR count). The van der Waals surface area contributed by atoms with Gasteiger partial charge in [-0.05, 0) is 76.6 Å². The minimum absolute atomic E-state index is 0.0394. The molecule has 1 aromatic carbocycles. The third-order valence-electron chi connectivity index (χ3n) is 9.50. The topological polar surface area (TPSA) is 108 Å². The van der Waals surface area contributed by atoms with Gasteiger partial charge in [0, 0.05) is 29.6 Å². The molecule has 1 aliphatic carbocycles. The Labute approximate surface area is 242 Å². The number of anilines is 1. The van der Waals surface area contributed by atoms with E-state index < -0.39 is 27.4 Å². The van der Waals surface area contributed by atoms with Crippen molar-refractivity contribution in [3.8, 4) is 5.75 Å². The van der Waals surface area contributed by atoms with Crippen molar-refractivity contribution in [3.05, 3.63) is 24.3 Å². The molecule has 9 heteroatoms. The lowest BCUT2D eigenvalue weighted by Crippen LogP contribution is -2.55. The Morgan fingerprint density at radius 2 is 1.77 bits per heavy atom. The van der Waals surface area contributed by atoms with Crippen LogP contribution in [0, 0.1) is 11.8 Å². The molecule has 1 aromatic rings. The smallest absolute Gasteiger partial charge is 0.244 e. The van der Waals surface area contributed by atoms with Crippen LogP contribution in [0.5, 0.6) is 5.75 Å². The van der Waals surface area contributed by atoms with E-state index in [2.05, 4.69) is 17.6 Å². The summed E-state index contributed by atoms with van der Waals surface area (Å²) in [6.07, 6.45) is 10.3. The number of carbonyl (C=O) groups is 3. The molecule has 40 heavy (non-hydrogen) atoms. The minimum Gasteiger partial charge on any atom is -0.494 e. The number of nitrogens with one attached hydrogen (secondary N) is 2. The summed E-state index contributed by atoms with van der Waals surface area (Å²) in [4.78, 5) is 43.9. The van der Waals surface area contributed by atoms with E-state index in [1.165, 1.54) is 6.42 Å². The van der Waals surface area contributed by atoms with Crippen molar-refractivity contribution < 1.29 is 24.2 Å². The molecule has 2 bridgehead atoms. The first kappa shape index (κ1) is 29.2. The third-order valence-corrected chi connectivity index (χ3v) is 11.5. The van der Waals surface area contributed by atoms with Gasteiger partial charge in [0.2, 0.25) is 17.7 Å². The number of aliphatic hydroxyl groups is 1. The number of unbranched alkanes of at least 4 members (excludes halogenated alkanes) is 3. The maximum absolute atomic E-state index is 14.2. The van der Waals surface area contributed by atoms with Gasteiger partial charge in [-0.25, -0.2) is 0 Å². The number of thioether (sulfide) groups is 1. The van der Waals surface area contributed by atoms with Gasteiger partial charge in [-0.2, -0.15) is 0 Å². The van der Waals surface area contributed by atoms with Crippen LogP contribution >= 0.6 is 11.8 Å². The Bertz CT molecular complexity index is 1080. The van der Waals surface area contributed by atoms with Crippen molar-refractivity contribution in [1.29, 1.82) is 0 Å².